The van der Waals surface area contributed by atoms with Gasteiger partial charge in [0.25, 0.3) is 0 Å². The number of hydrogen-bond donors (Lipinski definition) is 0. The lowest BCUT2D eigenvalue weighted by molar-refractivity contribution is 0.469. The Hall–Kier alpha value is -2.05. The number of ether oxygens (including phenoxy) is 1. The topological polar surface area (TPSA) is 26.3 Å². The Bertz CT molecular complexity index is 731. The van der Waals surface area contributed by atoms with Crippen LogP contribution in [0.3, 0.4) is 0 Å². The van der Waals surface area contributed by atoms with Crippen molar-refractivity contribution in [2.75, 3.05) is 6.66 Å². The van der Waals surface area contributed by atoms with Crippen molar-refractivity contribution in [3.05, 3.63) is 82.4 Å². The van der Waals surface area contributed by atoms with Crippen LogP contribution in [-0.2, 0) is 9.30 Å². The Kier molecular flexibility index (Phi) is 3.80. The van der Waals surface area contributed by atoms with E-state index in [0.29, 0.717) is 11.5 Å². The molecule has 0 spiro atoms. The fourth-order valence-electron chi connectivity index (χ4n) is 2.38. The molecule has 2 aromatic carbocycles. The molecule has 0 saturated heterocycles. The number of rotatable bonds is 2. The smallest absolute Gasteiger partial charge is 0.138 e. The van der Waals surface area contributed by atoms with Gasteiger partial charge in [-0.1, -0.05) is 59.7 Å². The van der Waals surface area contributed by atoms with Gasteiger partial charge in [0.05, 0.1) is 0 Å². The van der Waals surface area contributed by atoms with Gasteiger partial charge < -0.3 is 9.30 Å². The first-order valence-corrected chi connectivity index (χ1v) is 9.57. The van der Waals surface area contributed by atoms with Gasteiger partial charge >= 0.3 is 0 Å². The first-order valence-electron chi connectivity index (χ1n) is 7.27. The lowest BCUT2D eigenvalue weighted by atomic mass is 10.1. The second kappa shape index (κ2) is 5.62. The van der Waals surface area contributed by atoms with Crippen LogP contribution in [0.2, 0.25) is 0 Å². The Labute approximate surface area is 131 Å². The molecule has 1 heterocycles. The van der Waals surface area contributed by atoms with Gasteiger partial charge in [0, 0.05) is 22.8 Å². The Morgan fingerprint density at radius 1 is 0.727 bits per heavy atom. The third kappa shape index (κ3) is 3.23. The lowest BCUT2D eigenvalue weighted by Crippen LogP contribution is -1.98. The number of benzene rings is 2. The molecule has 0 unspecified atom stereocenters. The number of aryl methyl sites for hydroxylation is 2. The average molecular weight is 310 g/mol. The lowest BCUT2D eigenvalue weighted by Gasteiger charge is -2.21. The van der Waals surface area contributed by atoms with E-state index < -0.39 is 7.14 Å². The largest absolute Gasteiger partial charge is 0.456 e. The van der Waals surface area contributed by atoms with Gasteiger partial charge in [-0.05, 0) is 20.5 Å². The normalized spacial score (nSPS) is 16.5. The van der Waals surface area contributed by atoms with E-state index in [4.69, 9.17) is 4.74 Å². The molecule has 2 nitrogen and oxygen atoms in total. The van der Waals surface area contributed by atoms with Crippen LogP contribution in [0, 0.1) is 13.8 Å². The second-order valence-corrected chi connectivity index (χ2v) is 8.51. The van der Waals surface area contributed by atoms with Crippen LogP contribution in [0.15, 0.2) is 60.2 Å². The predicted octanol–water partition coefficient (Wildman–Crippen LogP) is 5.62. The molecule has 22 heavy (non-hydrogen) atoms. The van der Waals surface area contributed by atoms with Crippen molar-refractivity contribution in [1.82, 2.24) is 0 Å². The van der Waals surface area contributed by atoms with E-state index in [0.717, 1.165) is 11.1 Å². The van der Waals surface area contributed by atoms with Gasteiger partial charge in [-0.15, -0.1) is 0 Å². The molecule has 1 aliphatic rings. The van der Waals surface area contributed by atoms with Crippen molar-refractivity contribution in [3.8, 4) is 0 Å². The summed E-state index contributed by atoms with van der Waals surface area (Å²) in [5.41, 5.74) is 4.28. The first kappa shape index (κ1) is 14.9. The van der Waals surface area contributed by atoms with Gasteiger partial charge in [-0.25, -0.2) is 0 Å². The van der Waals surface area contributed by atoms with Crippen LogP contribution in [-0.4, -0.2) is 6.66 Å². The minimum atomic E-state index is -2.50. The third-order valence-electron chi connectivity index (χ3n) is 3.64. The van der Waals surface area contributed by atoms with Gasteiger partial charge in [-0.2, -0.15) is 0 Å². The maximum Gasteiger partial charge on any atom is 0.138 e. The zero-order valence-corrected chi connectivity index (χ0v) is 13.9. The van der Waals surface area contributed by atoms with E-state index in [1.54, 1.807) is 18.3 Å². The standard InChI is InChI=1S/C19H19O2P/c1-14-4-8-16(9-5-14)18-12-22(3,20)13-19(21-18)17-10-6-15(2)7-11-17/h4-13H,1-3H3. The maximum atomic E-state index is 12.7. The molecule has 3 heteroatoms. The fraction of sp³-hybridized carbons (Fsp3) is 0.158. The number of hydrogen-bond acceptors (Lipinski definition) is 2. The molecule has 0 amide bonds. The summed E-state index contributed by atoms with van der Waals surface area (Å²) in [5.74, 6) is 4.83. The molecular weight excluding hydrogens is 291 g/mol. The average Bonchev–Trinajstić information content (AvgIpc) is 2.47. The monoisotopic (exact) mass is 310 g/mol. The molecule has 0 aromatic heterocycles. The maximum absolute atomic E-state index is 12.7. The van der Waals surface area contributed by atoms with Gasteiger partial charge in [-0.3, -0.25) is 0 Å². The summed E-state index contributed by atoms with van der Waals surface area (Å²) in [7, 11) is -2.50. The highest BCUT2D eigenvalue weighted by Crippen LogP contribution is 2.53. The summed E-state index contributed by atoms with van der Waals surface area (Å²) in [6.07, 6.45) is 0. The van der Waals surface area contributed by atoms with Gasteiger partial charge in [0.1, 0.15) is 18.7 Å². The Morgan fingerprint density at radius 2 is 1.09 bits per heavy atom. The molecule has 0 atom stereocenters. The molecule has 1 aliphatic heterocycles. The molecule has 0 aliphatic carbocycles. The minimum Gasteiger partial charge on any atom is -0.456 e. The van der Waals surface area contributed by atoms with Crippen molar-refractivity contribution >= 4 is 18.7 Å². The van der Waals surface area contributed by atoms with Crippen LogP contribution >= 0.6 is 7.14 Å². The van der Waals surface area contributed by atoms with Crippen LogP contribution in [0.25, 0.3) is 11.5 Å². The molecule has 0 fully saturated rings. The summed E-state index contributed by atoms with van der Waals surface area (Å²) in [5, 5.41) is 0. The van der Waals surface area contributed by atoms with E-state index >= 15 is 0 Å². The van der Waals surface area contributed by atoms with Gasteiger partial charge in [0.2, 0.25) is 0 Å². The van der Waals surface area contributed by atoms with Crippen molar-refractivity contribution < 1.29 is 9.30 Å². The molecule has 3 rings (SSSR count). The fourth-order valence-corrected chi connectivity index (χ4v) is 3.79. The van der Waals surface area contributed by atoms with E-state index in [1.165, 1.54) is 11.1 Å². The van der Waals surface area contributed by atoms with E-state index in [1.807, 2.05) is 62.4 Å². The summed E-state index contributed by atoms with van der Waals surface area (Å²) < 4.78 is 18.7. The van der Waals surface area contributed by atoms with E-state index in [-0.39, 0.29) is 0 Å². The molecule has 0 radical (unpaired) electrons. The SMILES string of the molecule is Cc1ccc(C2=CP(C)(=O)C=C(c3ccc(C)cc3)O2)cc1. The van der Waals surface area contributed by atoms with Gasteiger partial charge in [0.15, 0.2) is 0 Å². The zero-order chi connectivity index (χ0) is 15.7. The van der Waals surface area contributed by atoms with E-state index in [2.05, 4.69) is 0 Å². The molecular formula is C19H19O2P. The van der Waals surface area contributed by atoms with Crippen molar-refractivity contribution in [3.63, 3.8) is 0 Å². The van der Waals surface area contributed by atoms with Crippen molar-refractivity contribution in [1.29, 1.82) is 0 Å². The van der Waals surface area contributed by atoms with Crippen LogP contribution < -0.4 is 0 Å². The van der Waals surface area contributed by atoms with Crippen LogP contribution in [0.5, 0.6) is 0 Å². The second-order valence-electron chi connectivity index (χ2n) is 5.88. The quantitative estimate of drug-likeness (QED) is 0.673. The minimum absolute atomic E-state index is 0.670. The molecule has 0 saturated carbocycles. The van der Waals surface area contributed by atoms with Crippen LogP contribution in [0.1, 0.15) is 22.3 Å². The highest BCUT2D eigenvalue weighted by atomic mass is 31.2. The molecule has 112 valence electrons. The van der Waals surface area contributed by atoms with Crippen molar-refractivity contribution in [2.24, 2.45) is 0 Å². The molecule has 0 bridgehead atoms. The molecule has 2 aromatic rings. The highest BCUT2D eigenvalue weighted by molar-refractivity contribution is 7.69. The van der Waals surface area contributed by atoms with Crippen LogP contribution in [0.4, 0.5) is 0 Å². The molecule has 0 N–H and O–H groups in total. The summed E-state index contributed by atoms with van der Waals surface area (Å²) in [4.78, 5) is 0. The Morgan fingerprint density at radius 3 is 1.45 bits per heavy atom. The summed E-state index contributed by atoms with van der Waals surface area (Å²) >= 11 is 0. The zero-order valence-electron chi connectivity index (χ0n) is 13.0. The highest BCUT2D eigenvalue weighted by Gasteiger charge is 2.22. The Balaban J connectivity index is 1.98. The summed E-state index contributed by atoms with van der Waals surface area (Å²) in [6, 6.07) is 16.1. The third-order valence-corrected chi connectivity index (χ3v) is 5.13. The van der Waals surface area contributed by atoms with Crippen molar-refractivity contribution in [2.45, 2.75) is 13.8 Å². The predicted molar refractivity (Wildman–Crippen MR) is 92.9 cm³/mol. The van der Waals surface area contributed by atoms with E-state index in [9.17, 15) is 4.57 Å². The first-order chi connectivity index (χ1) is 10.4. The summed E-state index contributed by atoms with van der Waals surface area (Å²) in [6.45, 7) is 5.85.